The van der Waals surface area contributed by atoms with Crippen molar-refractivity contribution in [2.24, 2.45) is 0 Å². The summed E-state index contributed by atoms with van der Waals surface area (Å²) in [5.41, 5.74) is -0.770. The normalized spacial score (nSPS) is 23.5. The van der Waals surface area contributed by atoms with E-state index in [0.29, 0.717) is 24.2 Å². The summed E-state index contributed by atoms with van der Waals surface area (Å²) in [6.45, 7) is 2.31. The van der Waals surface area contributed by atoms with Crippen LogP contribution in [0.25, 0.3) is 0 Å². The van der Waals surface area contributed by atoms with E-state index < -0.39 is 11.6 Å². The third kappa shape index (κ3) is 1.76. The Bertz CT molecular complexity index is 657. The SMILES string of the molecule is CCCCN1C(=O)c2ccccc2N2C(=O)CCC12C(=O)O. The summed E-state index contributed by atoms with van der Waals surface area (Å²) in [6.07, 6.45) is 1.81. The molecule has 1 aromatic rings. The van der Waals surface area contributed by atoms with Crippen molar-refractivity contribution < 1.29 is 19.5 Å². The molecule has 2 aliphatic rings. The molecule has 1 atom stereocenters. The van der Waals surface area contributed by atoms with Crippen LogP contribution in [0.15, 0.2) is 24.3 Å². The van der Waals surface area contributed by atoms with Crippen molar-refractivity contribution in [3.05, 3.63) is 29.8 Å². The predicted octanol–water partition coefficient (Wildman–Crippen LogP) is 1.85. The van der Waals surface area contributed by atoms with Crippen molar-refractivity contribution in [1.82, 2.24) is 4.90 Å². The molecule has 6 nitrogen and oxygen atoms in total. The Hall–Kier alpha value is -2.37. The molecular formula is C16H18N2O4. The van der Waals surface area contributed by atoms with Gasteiger partial charge in [0.05, 0.1) is 11.3 Å². The zero-order chi connectivity index (χ0) is 15.9. The summed E-state index contributed by atoms with van der Waals surface area (Å²) in [5, 5.41) is 9.84. The zero-order valence-corrected chi connectivity index (χ0v) is 12.4. The number of rotatable bonds is 4. The summed E-state index contributed by atoms with van der Waals surface area (Å²) in [5.74, 6) is -1.70. The molecular weight excluding hydrogens is 284 g/mol. The molecule has 22 heavy (non-hydrogen) atoms. The lowest BCUT2D eigenvalue weighted by Crippen LogP contribution is -2.68. The lowest BCUT2D eigenvalue weighted by molar-refractivity contribution is -0.150. The molecule has 1 aromatic carbocycles. The molecule has 1 unspecified atom stereocenters. The van der Waals surface area contributed by atoms with Crippen LogP contribution < -0.4 is 4.90 Å². The molecule has 0 aromatic heterocycles. The van der Waals surface area contributed by atoms with Gasteiger partial charge in [-0.2, -0.15) is 0 Å². The molecule has 2 aliphatic heterocycles. The van der Waals surface area contributed by atoms with Gasteiger partial charge in [0.2, 0.25) is 11.6 Å². The van der Waals surface area contributed by atoms with Crippen LogP contribution in [0.2, 0.25) is 0 Å². The van der Waals surface area contributed by atoms with E-state index in [-0.39, 0.29) is 24.7 Å². The maximum atomic E-state index is 12.8. The molecule has 0 saturated carbocycles. The molecule has 1 saturated heterocycles. The van der Waals surface area contributed by atoms with Gasteiger partial charge in [-0.1, -0.05) is 25.5 Å². The smallest absolute Gasteiger partial charge is 0.351 e. The van der Waals surface area contributed by atoms with Gasteiger partial charge in [-0.15, -0.1) is 0 Å². The Balaban J connectivity index is 2.21. The van der Waals surface area contributed by atoms with E-state index >= 15 is 0 Å². The van der Waals surface area contributed by atoms with Gasteiger partial charge in [-0.3, -0.25) is 14.5 Å². The number of fused-ring (bicyclic) bond motifs is 3. The topological polar surface area (TPSA) is 77.9 Å². The quantitative estimate of drug-likeness (QED) is 0.920. The highest BCUT2D eigenvalue weighted by atomic mass is 16.4. The fourth-order valence-corrected chi connectivity index (χ4v) is 3.38. The van der Waals surface area contributed by atoms with E-state index in [9.17, 15) is 19.5 Å². The highest BCUT2D eigenvalue weighted by molar-refractivity contribution is 6.15. The van der Waals surface area contributed by atoms with Crippen LogP contribution in [-0.4, -0.2) is 40.0 Å². The van der Waals surface area contributed by atoms with Crippen molar-refractivity contribution >= 4 is 23.5 Å². The van der Waals surface area contributed by atoms with Gasteiger partial charge in [0.15, 0.2) is 0 Å². The Morgan fingerprint density at radius 3 is 2.73 bits per heavy atom. The van der Waals surface area contributed by atoms with Gasteiger partial charge in [0, 0.05) is 19.4 Å². The zero-order valence-electron chi connectivity index (χ0n) is 12.4. The highest BCUT2D eigenvalue weighted by Gasteiger charge is 2.60. The first-order chi connectivity index (χ1) is 10.5. The number of carbonyl (C=O) groups excluding carboxylic acids is 2. The second-order valence-corrected chi connectivity index (χ2v) is 5.68. The van der Waals surface area contributed by atoms with E-state index in [2.05, 4.69) is 0 Å². The molecule has 3 rings (SSSR count). The van der Waals surface area contributed by atoms with E-state index in [4.69, 9.17) is 0 Å². The first kappa shape index (κ1) is 14.6. The van der Waals surface area contributed by atoms with Gasteiger partial charge in [-0.05, 0) is 18.6 Å². The molecule has 2 amide bonds. The summed E-state index contributed by atoms with van der Waals surface area (Å²) >= 11 is 0. The number of unbranched alkanes of at least 4 members (excludes halogenated alkanes) is 1. The maximum Gasteiger partial charge on any atom is 0.351 e. The van der Waals surface area contributed by atoms with Gasteiger partial charge in [-0.25, -0.2) is 4.79 Å². The predicted molar refractivity (Wildman–Crippen MR) is 79.5 cm³/mol. The highest BCUT2D eigenvalue weighted by Crippen LogP contribution is 2.44. The van der Waals surface area contributed by atoms with Crippen LogP contribution >= 0.6 is 0 Å². The van der Waals surface area contributed by atoms with Crippen molar-refractivity contribution in [1.29, 1.82) is 0 Å². The maximum absolute atomic E-state index is 12.8. The number of carboxylic acid groups (broad SMARTS) is 1. The number of hydrogen-bond donors (Lipinski definition) is 1. The number of carbonyl (C=O) groups is 3. The molecule has 2 heterocycles. The Labute approximate surface area is 128 Å². The summed E-state index contributed by atoms with van der Waals surface area (Å²) < 4.78 is 0. The van der Waals surface area contributed by atoms with Crippen LogP contribution in [0.4, 0.5) is 5.69 Å². The fourth-order valence-electron chi connectivity index (χ4n) is 3.38. The minimum atomic E-state index is -1.57. The van der Waals surface area contributed by atoms with Crippen LogP contribution in [0, 0.1) is 0 Å². The van der Waals surface area contributed by atoms with E-state index in [1.54, 1.807) is 24.3 Å². The summed E-state index contributed by atoms with van der Waals surface area (Å²) in [7, 11) is 0. The number of para-hydroxylation sites is 1. The number of aliphatic carboxylic acids is 1. The molecule has 0 spiro atoms. The van der Waals surface area contributed by atoms with Crippen molar-refractivity contribution in [2.75, 3.05) is 11.4 Å². The Morgan fingerprint density at radius 1 is 1.32 bits per heavy atom. The molecule has 0 radical (unpaired) electrons. The second-order valence-electron chi connectivity index (χ2n) is 5.68. The molecule has 0 bridgehead atoms. The largest absolute Gasteiger partial charge is 0.478 e. The van der Waals surface area contributed by atoms with E-state index in [1.807, 2.05) is 6.92 Å². The minimum absolute atomic E-state index is 0.130. The van der Waals surface area contributed by atoms with Gasteiger partial charge in [0.1, 0.15) is 0 Å². The average molecular weight is 302 g/mol. The van der Waals surface area contributed by atoms with Crippen molar-refractivity contribution in [2.45, 2.75) is 38.3 Å². The molecule has 116 valence electrons. The van der Waals surface area contributed by atoms with Crippen LogP contribution in [0.3, 0.4) is 0 Å². The Kier molecular flexibility index (Phi) is 3.39. The van der Waals surface area contributed by atoms with E-state index in [0.717, 1.165) is 6.42 Å². The number of benzene rings is 1. The van der Waals surface area contributed by atoms with Crippen molar-refractivity contribution in [3.8, 4) is 0 Å². The number of hydrogen-bond acceptors (Lipinski definition) is 3. The molecule has 1 N–H and O–H groups in total. The first-order valence-electron chi connectivity index (χ1n) is 7.51. The number of nitrogens with zero attached hydrogens (tertiary/aromatic N) is 2. The third-order valence-electron chi connectivity index (χ3n) is 4.45. The Morgan fingerprint density at radius 2 is 2.05 bits per heavy atom. The number of carboxylic acids is 1. The monoisotopic (exact) mass is 302 g/mol. The van der Waals surface area contributed by atoms with Crippen LogP contribution in [-0.2, 0) is 9.59 Å². The number of amides is 2. The van der Waals surface area contributed by atoms with Crippen LogP contribution in [0.1, 0.15) is 43.0 Å². The van der Waals surface area contributed by atoms with Gasteiger partial charge >= 0.3 is 5.97 Å². The minimum Gasteiger partial charge on any atom is -0.478 e. The van der Waals surface area contributed by atoms with Gasteiger partial charge < -0.3 is 10.0 Å². The van der Waals surface area contributed by atoms with E-state index in [1.165, 1.54) is 9.80 Å². The summed E-state index contributed by atoms with van der Waals surface area (Å²) in [4.78, 5) is 39.9. The lowest BCUT2D eigenvalue weighted by Gasteiger charge is -2.47. The van der Waals surface area contributed by atoms with Gasteiger partial charge in [0.25, 0.3) is 5.91 Å². The lowest BCUT2D eigenvalue weighted by atomic mass is 9.96. The first-order valence-corrected chi connectivity index (χ1v) is 7.51. The van der Waals surface area contributed by atoms with Crippen molar-refractivity contribution in [3.63, 3.8) is 0 Å². The molecule has 6 heteroatoms. The third-order valence-corrected chi connectivity index (χ3v) is 4.45. The second kappa shape index (κ2) is 5.12. The standard InChI is InChI=1S/C16H18N2O4/c1-2-3-10-17-14(20)11-6-4-5-7-12(11)18-13(19)8-9-16(17,18)15(21)22/h4-7H,2-3,8-10H2,1H3,(H,21,22). The molecule has 0 aliphatic carbocycles. The number of anilines is 1. The fraction of sp³-hybridized carbons (Fsp3) is 0.438. The van der Waals surface area contributed by atoms with Crippen LogP contribution in [0.5, 0.6) is 0 Å². The average Bonchev–Trinajstić information content (AvgIpc) is 2.86. The summed E-state index contributed by atoms with van der Waals surface area (Å²) in [6, 6.07) is 6.73. The molecule has 1 fully saturated rings.